The minimum atomic E-state index is -0.0882. The molecule has 0 aromatic carbocycles. The highest BCUT2D eigenvalue weighted by molar-refractivity contribution is 5.71. The summed E-state index contributed by atoms with van der Waals surface area (Å²) in [5.41, 5.74) is 0. The van der Waals surface area contributed by atoms with Gasteiger partial charge in [-0.05, 0) is 36.8 Å². The molecular weight excluding hydrogens is 200 g/mol. The van der Waals surface area contributed by atoms with Gasteiger partial charge < -0.3 is 4.74 Å². The zero-order valence-corrected chi connectivity index (χ0v) is 9.69. The van der Waals surface area contributed by atoms with Crippen LogP contribution in [0.2, 0.25) is 0 Å². The van der Waals surface area contributed by atoms with Crippen LogP contribution < -0.4 is 0 Å². The van der Waals surface area contributed by atoms with Crippen molar-refractivity contribution in [3.63, 3.8) is 0 Å². The molecular formula is C14H18O2. The summed E-state index contributed by atoms with van der Waals surface area (Å²) in [5.74, 6) is 4.10. The monoisotopic (exact) mass is 218 g/mol. The SMILES string of the molecule is C#C/C=C/[C@H]1OC(=O)C[C@@H]2CC[C@H](CC)[C@H]21. The first kappa shape index (κ1) is 11.3. The van der Waals surface area contributed by atoms with Crippen molar-refractivity contribution in [3.8, 4) is 12.3 Å². The lowest BCUT2D eigenvalue weighted by molar-refractivity contribution is -0.159. The molecule has 4 atom stereocenters. The zero-order chi connectivity index (χ0) is 11.5. The Morgan fingerprint density at radius 1 is 1.56 bits per heavy atom. The van der Waals surface area contributed by atoms with Gasteiger partial charge in [0.25, 0.3) is 0 Å². The maximum atomic E-state index is 11.5. The Balaban J connectivity index is 2.17. The maximum absolute atomic E-state index is 11.5. The molecule has 1 aliphatic heterocycles. The fourth-order valence-corrected chi connectivity index (χ4v) is 3.26. The molecule has 0 aromatic heterocycles. The minimum Gasteiger partial charge on any atom is -0.458 e. The van der Waals surface area contributed by atoms with Crippen LogP contribution in [0.4, 0.5) is 0 Å². The van der Waals surface area contributed by atoms with Gasteiger partial charge in [-0.3, -0.25) is 4.79 Å². The first-order chi connectivity index (χ1) is 7.76. The number of carbonyl (C=O) groups is 1. The Hall–Kier alpha value is -1.23. The second-order valence-electron chi connectivity index (χ2n) is 4.77. The van der Waals surface area contributed by atoms with Crippen LogP contribution in [-0.2, 0) is 9.53 Å². The van der Waals surface area contributed by atoms with Gasteiger partial charge in [0.2, 0.25) is 0 Å². The van der Waals surface area contributed by atoms with Gasteiger partial charge in [0.05, 0.1) is 0 Å². The third kappa shape index (κ3) is 2.00. The van der Waals surface area contributed by atoms with Crippen molar-refractivity contribution in [2.45, 2.75) is 38.7 Å². The Kier molecular flexibility index (Phi) is 3.33. The lowest BCUT2D eigenvalue weighted by Gasteiger charge is -2.34. The predicted molar refractivity (Wildman–Crippen MR) is 62.5 cm³/mol. The molecule has 0 bridgehead atoms. The molecule has 0 N–H and O–H groups in total. The van der Waals surface area contributed by atoms with Crippen LogP contribution in [0.5, 0.6) is 0 Å². The van der Waals surface area contributed by atoms with E-state index in [1.54, 1.807) is 6.08 Å². The lowest BCUT2D eigenvalue weighted by Crippen LogP contribution is -2.38. The molecule has 0 radical (unpaired) electrons. The van der Waals surface area contributed by atoms with Gasteiger partial charge in [-0.15, -0.1) is 6.42 Å². The fourth-order valence-electron chi connectivity index (χ4n) is 3.26. The molecule has 0 aromatic rings. The Morgan fingerprint density at radius 3 is 3.06 bits per heavy atom. The summed E-state index contributed by atoms with van der Waals surface area (Å²) in [6.07, 6.45) is 12.8. The fraction of sp³-hybridized carbons (Fsp3) is 0.643. The normalized spacial score (nSPS) is 38.1. The van der Waals surface area contributed by atoms with Crippen molar-refractivity contribution in [3.05, 3.63) is 12.2 Å². The van der Waals surface area contributed by atoms with Crippen LogP contribution in [0.25, 0.3) is 0 Å². The molecule has 2 fully saturated rings. The number of cyclic esters (lactones) is 1. The standard InChI is InChI=1S/C14H18O2/c1-3-5-6-12-14-10(4-2)7-8-11(14)9-13(15)16-12/h1,5-6,10-12,14H,4,7-9H2,2H3/b6-5+/t10-,11-,12+,14+/m0/s1. The Labute approximate surface area is 97.1 Å². The molecule has 1 saturated carbocycles. The smallest absolute Gasteiger partial charge is 0.306 e. The molecule has 2 aliphatic rings. The quantitative estimate of drug-likeness (QED) is 0.526. The van der Waals surface area contributed by atoms with Gasteiger partial charge in [0.1, 0.15) is 6.10 Å². The molecule has 1 saturated heterocycles. The van der Waals surface area contributed by atoms with Crippen molar-refractivity contribution >= 4 is 5.97 Å². The third-order valence-corrected chi connectivity index (χ3v) is 3.98. The summed E-state index contributed by atoms with van der Waals surface area (Å²) in [4.78, 5) is 11.5. The van der Waals surface area contributed by atoms with Crippen LogP contribution in [0.15, 0.2) is 12.2 Å². The third-order valence-electron chi connectivity index (χ3n) is 3.98. The number of fused-ring (bicyclic) bond motifs is 1. The summed E-state index contributed by atoms with van der Waals surface area (Å²) in [6, 6.07) is 0. The number of terminal acetylenes is 1. The number of esters is 1. The van der Waals surface area contributed by atoms with E-state index in [0.717, 1.165) is 0 Å². The predicted octanol–water partition coefficient (Wildman–Crippen LogP) is 2.54. The van der Waals surface area contributed by atoms with E-state index in [1.807, 2.05) is 6.08 Å². The van der Waals surface area contributed by atoms with Gasteiger partial charge in [0, 0.05) is 12.3 Å². The summed E-state index contributed by atoms with van der Waals surface area (Å²) in [7, 11) is 0. The van der Waals surface area contributed by atoms with Crippen molar-refractivity contribution in [2.75, 3.05) is 0 Å². The van der Waals surface area contributed by atoms with E-state index in [0.29, 0.717) is 24.2 Å². The average molecular weight is 218 g/mol. The van der Waals surface area contributed by atoms with E-state index in [1.165, 1.54) is 19.3 Å². The van der Waals surface area contributed by atoms with Gasteiger partial charge >= 0.3 is 5.97 Å². The van der Waals surface area contributed by atoms with Crippen molar-refractivity contribution in [1.82, 2.24) is 0 Å². The molecule has 16 heavy (non-hydrogen) atoms. The van der Waals surface area contributed by atoms with E-state index in [-0.39, 0.29) is 12.1 Å². The van der Waals surface area contributed by atoms with Crippen LogP contribution in [0.3, 0.4) is 0 Å². The first-order valence-electron chi connectivity index (χ1n) is 6.08. The molecule has 86 valence electrons. The van der Waals surface area contributed by atoms with E-state index in [9.17, 15) is 4.79 Å². The second kappa shape index (κ2) is 4.74. The Bertz CT molecular complexity index is 337. The summed E-state index contributed by atoms with van der Waals surface area (Å²) < 4.78 is 5.41. The Morgan fingerprint density at radius 2 is 2.38 bits per heavy atom. The van der Waals surface area contributed by atoms with Crippen molar-refractivity contribution in [2.24, 2.45) is 17.8 Å². The number of ether oxygens (including phenoxy) is 1. The lowest BCUT2D eigenvalue weighted by atomic mass is 9.80. The van der Waals surface area contributed by atoms with Gasteiger partial charge in [-0.25, -0.2) is 0 Å². The van der Waals surface area contributed by atoms with Gasteiger partial charge in [-0.1, -0.05) is 19.3 Å². The van der Waals surface area contributed by atoms with Crippen molar-refractivity contribution < 1.29 is 9.53 Å². The van der Waals surface area contributed by atoms with Gasteiger partial charge in [-0.2, -0.15) is 0 Å². The maximum Gasteiger partial charge on any atom is 0.306 e. The number of carbonyl (C=O) groups excluding carboxylic acids is 1. The van der Waals surface area contributed by atoms with Crippen LogP contribution >= 0.6 is 0 Å². The number of allylic oxidation sites excluding steroid dienone is 1. The zero-order valence-electron chi connectivity index (χ0n) is 9.69. The highest BCUT2D eigenvalue weighted by Crippen LogP contribution is 2.46. The number of hydrogen-bond acceptors (Lipinski definition) is 2. The summed E-state index contributed by atoms with van der Waals surface area (Å²) in [6.45, 7) is 2.21. The topological polar surface area (TPSA) is 26.3 Å². The average Bonchev–Trinajstić information content (AvgIpc) is 2.68. The van der Waals surface area contributed by atoms with E-state index in [4.69, 9.17) is 11.2 Å². The van der Waals surface area contributed by atoms with Crippen LogP contribution in [-0.4, -0.2) is 12.1 Å². The van der Waals surface area contributed by atoms with Crippen LogP contribution in [0, 0.1) is 30.1 Å². The molecule has 0 unspecified atom stereocenters. The van der Waals surface area contributed by atoms with E-state index >= 15 is 0 Å². The highest BCUT2D eigenvalue weighted by atomic mass is 16.5. The molecule has 2 heteroatoms. The van der Waals surface area contributed by atoms with E-state index < -0.39 is 0 Å². The molecule has 2 nitrogen and oxygen atoms in total. The molecule has 1 aliphatic carbocycles. The number of hydrogen-bond donors (Lipinski definition) is 0. The highest BCUT2D eigenvalue weighted by Gasteiger charge is 2.45. The summed E-state index contributed by atoms with van der Waals surface area (Å²) in [5, 5.41) is 0. The minimum absolute atomic E-state index is 0.0651. The molecule has 0 spiro atoms. The van der Waals surface area contributed by atoms with Crippen molar-refractivity contribution in [1.29, 1.82) is 0 Å². The van der Waals surface area contributed by atoms with E-state index in [2.05, 4.69) is 12.8 Å². The van der Waals surface area contributed by atoms with Gasteiger partial charge in [0.15, 0.2) is 0 Å². The number of rotatable bonds is 2. The largest absolute Gasteiger partial charge is 0.458 e. The second-order valence-corrected chi connectivity index (χ2v) is 4.77. The first-order valence-corrected chi connectivity index (χ1v) is 6.08. The molecule has 1 heterocycles. The van der Waals surface area contributed by atoms with Crippen LogP contribution in [0.1, 0.15) is 32.6 Å². The molecule has 0 amide bonds. The summed E-state index contributed by atoms with van der Waals surface area (Å²) >= 11 is 0. The molecule has 2 rings (SSSR count).